The number of carbonyl (C=O) groups excluding carboxylic acids is 3. The van der Waals surface area contributed by atoms with Gasteiger partial charge >= 0.3 is 11.9 Å². The van der Waals surface area contributed by atoms with Crippen LogP contribution in [0.2, 0.25) is 0 Å². The van der Waals surface area contributed by atoms with Crippen LogP contribution in [-0.4, -0.2) is 64.8 Å². The third-order valence-electron chi connectivity index (χ3n) is 5.90. The maximum atomic E-state index is 13.5. The van der Waals surface area contributed by atoms with Crippen molar-refractivity contribution < 1.29 is 37.0 Å². The quantitative estimate of drug-likeness (QED) is 0.283. The zero-order valence-electron chi connectivity index (χ0n) is 21.8. The molecule has 1 N–H and O–H groups in total. The second-order valence-corrected chi connectivity index (χ2v) is 10.7. The van der Waals surface area contributed by atoms with Crippen molar-refractivity contribution >= 4 is 33.6 Å². The number of nitrogens with zero attached hydrogens (tertiary/aromatic N) is 1. The minimum Gasteiger partial charge on any atom is -0.466 e. The number of carbonyl (C=O) groups is 3. The molecular formula is C27H34N2O8S. The maximum absolute atomic E-state index is 13.5. The Morgan fingerprint density at radius 3 is 2.24 bits per heavy atom. The van der Waals surface area contributed by atoms with E-state index >= 15 is 0 Å². The standard InChI is InChI=1S/C27H34N2O8S/c1-4-35-25(30)15-14-24(27(32)36-5-2)28-26(31)20-8-10-21(11-9-20)29(17-16-22-18-37-22)38(33,34)23-12-6-19(3)7-13-23/h6-13,22,24H,4-5,14-18H2,1-3H3,(H,28,31)/t22-,24+/m1/s1. The van der Waals surface area contributed by atoms with Crippen LogP contribution in [0.4, 0.5) is 5.69 Å². The van der Waals surface area contributed by atoms with Gasteiger partial charge in [0, 0.05) is 18.5 Å². The van der Waals surface area contributed by atoms with Gasteiger partial charge in [-0.3, -0.25) is 13.9 Å². The first kappa shape index (κ1) is 29.1. The molecule has 1 amide bonds. The first-order valence-corrected chi connectivity index (χ1v) is 14.0. The molecule has 1 aliphatic heterocycles. The van der Waals surface area contributed by atoms with Gasteiger partial charge in [-0.1, -0.05) is 17.7 Å². The van der Waals surface area contributed by atoms with Gasteiger partial charge in [-0.25, -0.2) is 13.2 Å². The highest BCUT2D eigenvalue weighted by atomic mass is 32.2. The summed E-state index contributed by atoms with van der Waals surface area (Å²) in [4.78, 5) is 37.2. The van der Waals surface area contributed by atoms with Crippen molar-refractivity contribution in [1.29, 1.82) is 0 Å². The van der Waals surface area contributed by atoms with Gasteiger partial charge in [-0.2, -0.15) is 0 Å². The van der Waals surface area contributed by atoms with Crippen LogP contribution in [0.25, 0.3) is 0 Å². The number of esters is 2. The van der Waals surface area contributed by atoms with E-state index in [0.717, 1.165) is 5.56 Å². The Kier molecular flexibility index (Phi) is 10.3. The number of sulfonamides is 1. The van der Waals surface area contributed by atoms with E-state index in [1.54, 1.807) is 50.2 Å². The first-order valence-electron chi connectivity index (χ1n) is 12.6. The third kappa shape index (κ3) is 8.03. The number of amides is 1. The molecule has 1 saturated heterocycles. The molecular weight excluding hydrogens is 512 g/mol. The number of nitrogens with one attached hydrogen (secondary N) is 1. The van der Waals surface area contributed by atoms with Gasteiger partial charge in [0.2, 0.25) is 0 Å². The molecule has 2 atom stereocenters. The Hall–Kier alpha value is -3.44. The fraction of sp³-hybridized carbons (Fsp3) is 0.444. The van der Waals surface area contributed by atoms with E-state index in [-0.39, 0.29) is 49.2 Å². The minimum atomic E-state index is -3.86. The molecule has 206 valence electrons. The second kappa shape index (κ2) is 13.4. The Morgan fingerprint density at radius 2 is 1.66 bits per heavy atom. The molecule has 0 radical (unpaired) electrons. The molecule has 0 spiro atoms. The van der Waals surface area contributed by atoms with Gasteiger partial charge < -0.3 is 19.5 Å². The van der Waals surface area contributed by atoms with E-state index in [0.29, 0.717) is 18.7 Å². The number of hydrogen-bond acceptors (Lipinski definition) is 8. The number of hydrogen-bond donors (Lipinski definition) is 1. The average Bonchev–Trinajstić information content (AvgIpc) is 3.72. The molecule has 3 rings (SSSR count). The zero-order valence-corrected chi connectivity index (χ0v) is 22.7. The van der Waals surface area contributed by atoms with Gasteiger partial charge in [0.05, 0.1) is 36.5 Å². The van der Waals surface area contributed by atoms with Gasteiger partial charge in [-0.15, -0.1) is 0 Å². The minimum absolute atomic E-state index is 0.0211. The summed E-state index contributed by atoms with van der Waals surface area (Å²) in [6, 6.07) is 11.7. The van der Waals surface area contributed by atoms with Crippen LogP contribution in [0.5, 0.6) is 0 Å². The monoisotopic (exact) mass is 546 g/mol. The predicted molar refractivity (Wildman–Crippen MR) is 140 cm³/mol. The summed E-state index contributed by atoms with van der Waals surface area (Å²) in [6.07, 6.45) is 0.528. The van der Waals surface area contributed by atoms with E-state index < -0.39 is 33.9 Å². The summed E-state index contributed by atoms with van der Waals surface area (Å²) in [5.74, 6) is -1.69. The van der Waals surface area contributed by atoms with Gasteiger partial charge in [0.1, 0.15) is 6.04 Å². The molecule has 0 aliphatic carbocycles. The Morgan fingerprint density at radius 1 is 1.03 bits per heavy atom. The van der Waals surface area contributed by atoms with E-state index in [1.807, 2.05) is 6.92 Å². The normalized spacial score (nSPS) is 15.3. The van der Waals surface area contributed by atoms with Crippen molar-refractivity contribution in [2.45, 2.75) is 57.1 Å². The molecule has 10 nitrogen and oxygen atoms in total. The number of epoxide rings is 1. The average molecular weight is 547 g/mol. The highest BCUT2D eigenvalue weighted by Gasteiger charge is 2.30. The van der Waals surface area contributed by atoms with Gasteiger partial charge in [0.15, 0.2) is 0 Å². The molecule has 0 bridgehead atoms. The van der Waals surface area contributed by atoms with Crippen molar-refractivity contribution in [3.05, 3.63) is 59.7 Å². The second-order valence-electron chi connectivity index (χ2n) is 8.80. The third-order valence-corrected chi connectivity index (χ3v) is 7.74. The number of anilines is 1. The van der Waals surface area contributed by atoms with E-state index in [9.17, 15) is 22.8 Å². The van der Waals surface area contributed by atoms with Crippen LogP contribution < -0.4 is 9.62 Å². The highest BCUT2D eigenvalue weighted by molar-refractivity contribution is 7.92. The van der Waals surface area contributed by atoms with Crippen molar-refractivity contribution in [1.82, 2.24) is 5.32 Å². The van der Waals surface area contributed by atoms with Crippen molar-refractivity contribution in [3.8, 4) is 0 Å². The highest BCUT2D eigenvalue weighted by Crippen LogP contribution is 2.26. The largest absolute Gasteiger partial charge is 0.466 e. The van der Waals surface area contributed by atoms with Gasteiger partial charge in [0.25, 0.3) is 15.9 Å². The van der Waals surface area contributed by atoms with Crippen LogP contribution in [0, 0.1) is 6.92 Å². The van der Waals surface area contributed by atoms with Crippen LogP contribution in [0.3, 0.4) is 0 Å². The molecule has 1 fully saturated rings. The summed E-state index contributed by atoms with van der Waals surface area (Å²) in [6.45, 7) is 6.36. The summed E-state index contributed by atoms with van der Waals surface area (Å²) in [5.41, 5.74) is 1.56. The fourth-order valence-corrected chi connectivity index (χ4v) is 5.21. The van der Waals surface area contributed by atoms with Crippen LogP contribution in [0.1, 0.15) is 49.0 Å². The number of benzene rings is 2. The molecule has 2 aromatic carbocycles. The van der Waals surface area contributed by atoms with Crippen molar-refractivity contribution in [2.75, 3.05) is 30.7 Å². The lowest BCUT2D eigenvalue weighted by atomic mass is 10.1. The lowest BCUT2D eigenvalue weighted by molar-refractivity contribution is -0.146. The maximum Gasteiger partial charge on any atom is 0.328 e. The Labute approximate surface area is 223 Å². The van der Waals surface area contributed by atoms with Gasteiger partial charge in [-0.05, 0) is 70.0 Å². The number of aryl methyl sites for hydroxylation is 1. The van der Waals surface area contributed by atoms with E-state index in [1.165, 1.54) is 16.4 Å². The van der Waals surface area contributed by atoms with Crippen molar-refractivity contribution in [3.63, 3.8) is 0 Å². The Balaban J connectivity index is 1.77. The van der Waals surface area contributed by atoms with E-state index in [4.69, 9.17) is 14.2 Å². The lowest BCUT2D eigenvalue weighted by Gasteiger charge is -2.25. The SMILES string of the molecule is CCOC(=O)CC[C@H](NC(=O)c1ccc(N(CC[C@@H]2CO2)S(=O)(=O)c2ccc(C)cc2)cc1)C(=O)OCC. The molecule has 2 aromatic rings. The summed E-state index contributed by atoms with van der Waals surface area (Å²) in [5, 5.41) is 2.60. The topological polar surface area (TPSA) is 132 Å². The van der Waals surface area contributed by atoms with Crippen LogP contribution in [-0.2, 0) is 33.8 Å². The molecule has 38 heavy (non-hydrogen) atoms. The number of ether oxygens (including phenoxy) is 3. The molecule has 1 aliphatic rings. The smallest absolute Gasteiger partial charge is 0.328 e. The molecule has 0 saturated carbocycles. The lowest BCUT2D eigenvalue weighted by Crippen LogP contribution is -2.42. The van der Waals surface area contributed by atoms with Crippen molar-refractivity contribution in [2.24, 2.45) is 0 Å². The predicted octanol–water partition coefficient (Wildman–Crippen LogP) is 2.98. The summed E-state index contributed by atoms with van der Waals surface area (Å²) < 4.78 is 43.4. The summed E-state index contributed by atoms with van der Waals surface area (Å²) in [7, 11) is -3.86. The van der Waals surface area contributed by atoms with Crippen LogP contribution in [0.15, 0.2) is 53.4 Å². The van der Waals surface area contributed by atoms with Crippen LogP contribution >= 0.6 is 0 Å². The molecule has 1 heterocycles. The Bertz CT molecular complexity index is 1210. The van der Waals surface area contributed by atoms with E-state index in [2.05, 4.69) is 5.32 Å². The first-order chi connectivity index (χ1) is 18.1. The molecule has 0 unspecified atom stereocenters. The summed E-state index contributed by atoms with van der Waals surface area (Å²) >= 11 is 0. The fourth-order valence-electron chi connectivity index (χ4n) is 3.73. The molecule has 11 heteroatoms. The molecule has 0 aromatic heterocycles. The number of rotatable bonds is 14. The zero-order chi connectivity index (χ0) is 27.7.